The molecule has 0 unspecified atom stereocenters. The fraction of sp³-hybridized carbons (Fsp3) is 0.556. The Morgan fingerprint density at radius 1 is 1.14 bits per heavy atom. The first-order valence-electron chi connectivity index (χ1n) is 8.21. The monoisotopic (exact) mass is 302 g/mol. The molecule has 0 aromatic heterocycles. The number of carbonyl (C=O) groups is 2. The lowest BCUT2D eigenvalue weighted by Gasteiger charge is -2.29. The van der Waals surface area contributed by atoms with Crippen molar-refractivity contribution in [1.29, 1.82) is 0 Å². The molecule has 4 heteroatoms. The van der Waals surface area contributed by atoms with Crippen molar-refractivity contribution in [2.45, 2.75) is 51.5 Å². The van der Waals surface area contributed by atoms with Crippen LogP contribution in [-0.2, 0) is 9.59 Å². The maximum absolute atomic E-state index is 12.0. The maximum Gasteiger partial charge on any atom is 0.309 e. The summed E-state index contributed by atoms with van der Waals surface area (Å²) in [6.45, 7) is 4.65. The molecule has 0 heterocycles. The third-order valence-electron chi connectivity index (χ3n) is 4.57. The van der Waals surface area contributed by atoms with Gasteiger partial charge in [-0.15, -0.1) is 0 Å². The molecular formula is C18H26N2O2. The minimum absolute atomic E-state index is 0.138. The van der Waals surface area contributed by atoms with E-state index in [1.807, 2.05) is 37.3 Å². The highest BCUT2D eigenvalue weighted by Crippen LogP contribution is 2.23. The van der Waals surface area contributed by atoms with Crippen LogP contribution in [-0.4, -0.2) is 24.4 Å². The number of benzene rings is 1. The van der Waals surface area contributed by atoms with Crippen LogP contribution in [0, 0.1) is 5.92 Å². The van der Waals surface area contributed by atoms with Crippen LogP contribution in [0.1, 0.15) is 51.0 Å². The molecule has 0 radical (unpaired) electrons. The zero-order valence-corrected chi connectivity index (χ0v) is 13.5. The zero-order chi connectivity index (χ0) is 15.9. The number of amides is 2. The van der Waals surface area contributed by atoms with Crippen molar-refractivity contribution in [2.75, 3.05) is 6.54 Å². The average molecular weight is 302 g/mol. The van der Waals surface area contributed by atoms with Crippen LogP contribution in [0.4, 0.5) is 0 Å². The van der Waals surface area contributed by atoms with Gasteiger partial charge >= 0.3 is 11.8 Å². The van der Waals surface area contributed by atoms with Crippen molar-refractivity contribution < 1.29 is 9.59 Å². The number of carbonyl (C=O) groups excluding carboxylic acids is 2. The SMILES string of the molecule is C[C@H](CNC(=O)C(=O)N[C@H]1CCCC[C@@H]1C)c1ccccc1. The Morgan fingerprint density at radius 2 is 1.82 bits per heavy atom. The van der Waals surface area contributed by atoms with Crippen molar-refractivity contribution in [3.8, 4) is 0 Å². The predicted molar refractivity (Wildman–Crippen MR) is 87.4 cm³/mol. The first kappa shape index (κ1) is 16.5. The average Bonchev–Trinajstić information content (AvgIpc) is 2.55. The molecule has 1 aromatic carbocycles. The molecule has 0 spiro atoms. The summed E-state index contributed by atoms with van der Waals surface area (Å²) in [7, 11) is 0. The topological polar surface area (TPSA) is 58.2 Å². The normalized spacial score (nSPS) is 22.6. The molecule has 0 bridgehead atoms. The summed E-state index contributed by atoms with van der Waals surface area (Å²) in [4.78, 5) is 23.9. The summed E-state index contributed by atoms with van der Waals surface area (Å²) in [5, 5.41) is 5.62. The quantitative estimate of drug-likeness (QED) is 0.840. The fourth-order valence-electron chi connectivity index (χ4n) is 2.99. The molecule has 2 rings (SSSR count). The Kier molecular flexibility index (Phi) is 5.99. The highest BCUT2D eigenvalue weighted by Gasteiger charge is 2.25. The van der Waals surface area contributed by atoms with E-state index >= 15 is 0 Å². The summed E-state index contributed by atoms with van der Waals surface area (Å²) >= 11 is 0. The van der Waals surface area contributed by atoms with Gasteiger partial charge in [0.2, 0.25) is 0 Å². The van der Waals surface area contributed by atoms with Crippen LogP contribution >= 0.6 is 0 Å². The summed E-state index contributed by atoms with van der Waals surface area (Å²) in [6, 6.07) is 10.1. The molecule has 1 fully saturated rings. The molecule has 4 nitrogen and oxygen atoms in total. The number of nitrogens with one attached hydrogen (secondary N) is 2. The maximum atomic E-state index is 12.0. The lowest BCUT2D eigenvalue weighted by atomic mass is 9.86. The Morgan fingerprint density at radius 3 is 2.50 bits per heavy atom. The van der Waals surface area contributed by atoms with E-state index in [4.69, 9.17) is 0 Å². The highest BCUT2D eigenvalue weighted by atomic mass is 16.2. The lowest BCUT2D eigenvalue weighted by molar-refractivity contribution is -0.140. The molecule has 1 saturated carbocycles. The standard InChI is InChI=1S/C18H26N2O2/c1-13-8-6-7-11-16(13)20-18(22)17(21)19-12-14(2)15-9-4-3-5-10-15/h3-5,9-10,13-14,16H,6-8,11-12H2,1-2H3,(H,19,21)(H,20,22)/t13-,14+,16-/m0/s1. The largest absolute Gasteiger partial charge is 0.347 e. The summed E-state index contributed by atoms with van der Waals surface area (Å²) in [5.74, 6) is -0.389. The van der Waals surface area contributed by atoms with E-state index in [1.54, 1.807) is 0 Å². The Bertz CT molecular complexity index is 501. The van der Waals surface area contributed by atoms with Gasteiger partial charge in [0.25, 0.3) is 0 Å². The van der Waals surface area contributed by atoms with Crippen LogP contribution in [0.25, 0.3) is 0 Å². The van der Waals surface area contributed by atoms with Crippen molar-refractivity contribution in [1.82, 2.24) is 10.6 Å². The molecular weight excluding hydrogens is 276 g/mol. The van der Waals surface area contributed by atoms with E-state index in [-0.39, 0.29) is 12.0 Å². The van der Waals surface area contributed by atoms with Crippen molar-refractivity contribution in [3.05, 3.63) is 35.9 Å². The molecule has 0 aliphatic heterocycles. The summed E-state index contributed by atoms with van der Waals surface area (Å²) in [5.41, 5.74) is 1.16. The van der Waals surface area contributed by atoms with Gasteiger partial charge in [-0.25, -0.2) is 0 Å². The minimum atomic E-state index is -0.527. The molecule has 1 aliphatic rings. The molecule has 3 atom stereocenters. The molecule has 2 N–H and O–H groups in total. The number of hydrogen-bond acceptors (Lipinski definition) is 2. The van der Waals surface area contributed by atoms with Crippen LogP contribution in [0.2, 0.25) is 0 Å². The smallest absolute Gasteiger partial charge is 0.309 e. The molecule has 2 amide bonds. The Labute approximate surface area is 132 Å². The third-order valence-corrected chi connectivity index (χ3v) is 4.57. The van der Waals surface area contributed by atoms with Crippen LogP contribution in [0.15, 0.2) is 30.3 Å². The number of hydrogen-bond donors (Lipinski definition) is 2. The van der Waals surface area contributed by atoms with Crippen molar-refractivity contribution in [2.24, 2.45) is 5.92 Å². The summed E-state index contributed by atoms with van der Waals surface area (Å²) < 4.78 is 0. The van der Waals surface area contributed by atoms with Gasteiger partial charge in [0.05, 0.1) is 0 Å². The fourth-order valence-corrected chi connectivity index (χ4v) is 2.99. The van der Waals surface area contributed by atoms with Gasteiger partial charge in [0.1, 0.15) is 0 Å². The van der Waals surface area contributed by atoms with E-state index in [1.165, 1.54) is 6.42 Å². The van der Waals surface area contributed by atoms with Gasteiger partial charge in [-0.05, 0) is 30.2 Å². The molecule has 0 saturated heterocycles. The van der Waals surface area contributed by atoms with Gasteiger partial charge in [-0.2, -0.15) is 0 Å². The zero-order valence-electron chi connectivity index (χ0n) is 13.5. The molecule has 1 aromatic rings. The Balaban J connectivity index is 1.78. The van der Waals surface area contributed by atoms with Crippen molar-refractivity contribution >= 4 is 11.8 Å². The Hall–Kier alpha value is -1.84. The second-order valence-corrected chi connectivity index (χ2v) is 6.36. The van der Waals surface area contributed by atoms with E-state index in [9.17, 15) is 9.59 Å². The first-order valence-corrected chi connectivity index (χ1v) is 8.21. The third kappa shape index (κ3) is 4.58. The summed E-state index contributed by atoms with van der Waals surface area (Å²) in [6.07, 6.45) is 4.44. The van der Waals surface area contributed by atoms with Gasteiger partial charge in [-0.3, -0.25) is 9.59 Å². The van der Waals surface area contributed by atoms with Crippen molar-refractivity contribution in [3.63, 3.8) is 0 Å². The first-order chi connectivity index (χ1) is 10.6. The molecule has 120 valence electrons. The van der Waals surface area contributed by atoms with Gasteiger partial charge in [-0.1, -0.05) is 57.0 Å². The van der Waals surface area contributed by atoms with Crippen LogP contribution in [0.3, 0.4) is 0 Å². The molecule has 22 heavy (non-hydrogen) atoms. The van der Waals surface area contributed by atoms with E-state index < -0.39 is 11.8 Å². The molecule has 1 aliphatic carbocycles. The second-order valence-electron chi connectivity index (χ2n) is 6.36. The van der Waals surface area contributed by atoms with E-state index in [0.29, 0.717) is 12.5 Å². The van der Waals surface area contributed by atoms with Crippen LogP contribution < -0.4 is 10.6 Å². The number of rotatable bonds is 4. The lowest BCUT2D eigenvalue weighted by Crippen LogP contribution is -2.48. The van der Waals surface area contributed by atoms with Gasteiger partial charge in [0, 0.05) is 12.6 Å². The van der Waals surface area contributed by atoms with E-state index in [2.05, 4.69) is 17.6 Å². The minimum Gasteiger partial charge on any atom is -0.347 e. The predicted octanol–water partition coefficient (Wildman–Crippen LogP) is 2.60. The van der Waals surface area contributed by atoms with Gasteiger partial charge < -0.3 is 10.6 Å². The highest BCUT2D eigenvalue weighted by molar-refractivity contribution is 6.35. The van der Waals surface area contributed by atoms with E-state index in [0.717, 1.165) is 24.8 Å². The second kappa shape index (κ2) is 7.97. The van der Waals surface area contributed by atoms with Gasteiger partial charge in [0.15, 0.2) is 0 Å². The van der Waals surface area contributed by atoms with Crippen LogP contribution in [0.5, 0.6) is 0 Å².